The number of ether oxygens (including phenoxy) is 3. The number of pyridine rings is 1. The highest BCUT2D eigenvalue weighted by molar-refractivity contribution is 5.89. The van der Waals surface area contributed by atoms with E-state index in [0.717, 1.165) is 42.3 Å². The number of fused-ring (bicyclic) bond motifs is 1. The van der Waals surface area contributed by atoms with E-state index in [1.54, 1.807) is 11.7 Å². The van der Waals surface area contributed by atoms with E-state index in [1.165, 1.54) is 7.11 Å². The van der Waals surface area contributed by atoms with Crippen molar-refractivity contribution in [2.24, 2.45) is 0 Å². The highest BCUT2D eigenvalue weighted by atomic mass is 16.5. The fourth-order valence-corrected chi connectivity index (χ4v) is 2.69. The van der Waals surface area contributed by atoms with Crippen molar-refractivity contribution in [3.05, 3.63) is 28.6 Å². The molecule has 1 aromatic heterocycles. The Kier molecular flexibility index (Phi) is 6.53. The van der Waals surface area contributed by atoms with E-state index < -0.39 is 0 Å². The predicted molar refractivity (Wildman–Crippen MR) is 96.6 cm³/mol. The van der Waals surface area contributed by atoms with Gasteiger partial charge < -0.3 is 18.8 Å². The molecule has 0 N–H and O–H groups in total. The highest BCUT2D eigenvalue weighted by Gasteiger charge is 2.19. The molecule has 5 nitrogen and oxygen atoms in total. The van der Waals surface area contributed by atoms with Crippen molar-refractivity contribution in [2.75, 3.05) is 20.8 Å². The summed E-state index contributed by atoms with van der Waals surface area (Å²) in [6, 6.07) is 5.70. The van der Waals surface area contributed by atoms with Crippen LogP contribution < -0.4 is 19.8 Å². The standard InChI is InChI=1S/C19H27NO4/c1-5-7-11-20-16-13-14(22-3)9-10-15(16)17(24-12-8-6-2)18(23-4)19(20)21/h9-10,13H,5-8,11-12H2,1-4H3. The Morgan fingerprint density at radius 3 is 2.38 bits per heavy atom. The normalized spacial score (nSPS) is 10.8. The summed E-state index contributed by atoms with van der Waals surface area (Å²) in [5.74, 6) is 1.53. The molecular formula is C19H27NO4. The van der Waals surface area contributed by atoms with Gasteiger partial charge in [-0.1, -0.05) is 26.7 Å². The van der Waals surface area contributed by atoms with Gasteiger partial charge in [-0.2, -0.15) is 0 Å². The highest BCUT2D eigenvalue weighted by Crippen LogP contribution is 2.34. The molecule has 132 valence electrons. The van der Waals surface area contributed by atoms with Gasteiger partial charge in [-0.05, 0) is 25.0 Å². The first-order valence-corrected chi connectivity index (χ1v) is 8.59. The molecule has 2 aromatic rings. The van der Waals surface area contributed by atoms with E-state index in [2.05, 4.69) is 13.8 Å². The number of aryl methyl sites for hydroxylation is 1. The Balaban J connectivity index is 2.68. The van der Waals surface area contributed by atoms with Gasteiger partial charge in [-0.3, -0.25) is 4.79 Å². The third-order valence-corrected chi connectivity index (χ3v) is 4.07. The van der Waals surface area contributed by atoms with Crippen LogP contribution in [0.2, 0.25) is 0 Å². The second kappa shape index (κ2) is 8.62. The molecule has 0 saturated carbocycles. The predicted octanol–water partition coefficient (Wildman–Crippen LogP) is 4.00. The van der Waals surface area contributed by atoms with Crippen LogP contribution in [0.4, 0.5) is 0 Å². The molecule has 0 radical (unpaired) electrons. The molecule has 0 aliphatic carbocycles. The molecule has 0 aliphatic heterocycles. The molecule has 0 bridgehead atoms. The molecule has 0 unspecified atom stereocenters. The second-order valence-electron chi connectivity index (χ2n) is 5.76. The molecule has 0 amide bonds. The number of aromatic nitrogens is 1. The van der Waals surface area contributed by atoms with E-state index in [0.29, 0.717) is 18.9 Å². The minimum atomic E-state index is -0.154. The van der Waals surface area contributed by atoms with Gasteiger partial charge in [0.05, 0.1) is 26.3 Å². The van der Waals surface area contributed by atoms with Gasteiger partial charge in [0.25, 0.3) is 5.56 Å². The van der Waals surface area contributed by atoms with Crippen LogP contribution in [-0.2, 0) is 6.54 Å². The third-order valence-electron chi connectivity index (χ3n) is 4.07. The minimum absolute atomic E-state index is 0.154. The maximum Gasteiger partial charge on any atom is 0.297 e. The van der Waals surface area contributed by atoms with Crippen LogP contribution in [0.15, 0.2) is 23.0 Å². The lowest BCUT2D eigenvalue weighted by Crippen LogP contribution is -2.23. The van der Waals surface area contributed by atoms with E-state index in [4.69, 9.17) is 14.2 Å². The van der Waals surface area contributed by atoms with Crippen molar-refractivity contribution in [3.8, 4) is 17.2 Å². The first-order valence-electron chi connectivity index (χ1n) is 8.59. The summed E-state index contributed by atoms with van der Waals surface area (Å²) in [6.45, 7) is 5.41. The lowest BCUT2D eigenvalue weighted by molar-refractivity contribution is 0.288. The van der Waals surface area contributed by atoms with Crippen LogP contribution in [0.25, 0.3) is 10.9 Å². The fourth-order valence-electron chi connectivity index (χ4n) is 2.69. The van der Waals surface area contributed by atoms with E-state index in [9.17, 15) is 4.79 Å². The summed E-state index contributed by atoms with van der Waals surface area (Å²) in [7, 11) is 3.14. The van der Waals surface area contributed by atoms with Gasteiger partial charge in [0.1, 0.15) is 5.75 Å². The maximum atomic E-state index is 12.9. The van der Waals surface area contributed by atoms with Crippen molar-refractivity contribution in [1.82, 2.24) is 4.57 Å². The van der Waals surface area contributed by atoms with E-state index in [-0.39, 0.29) is 11.3 Å². The Labute approximate surface area is 143 Å². The van der Waals surface area contributed by atoms with Crippen molar-refractivity contribution in [1.29, 1.82) is 0 Å². The molecule has 0 aliphatic rings. The summed E-state index contributed by atoms with van der Waals surface area (Å²) in [5.41, 5.74) is 0.665. The van der Waals surface area contributed by atoms with Crippen LogP contribution in [0.1, 0.15) is 39.5 Å². The smallest absolute Gasteiger partial charge is 0.297 e. The van der Waals surface area contributed by atoms with Gasteiger partial charge in [0.15, 0.2) is 5.75 Å². The molecule has 0 atom stereocenters. The van der Waals surface area contributed by atoms with Crippen LogP contribution in [0, 0.1) is 0 Å². The number of methoxy groups -OCH3 is 2. The zero-order chi connectivity index (χ0) is 17.5. The number of hydrogen-bond donors (Lipinski definition) is 0. The van der Waals surface area contributed by atoms with Crippen LogP contribution in [-0.4, -0.2) is 25.4 Å². The zero-order valence-corrected chi connectivity index (χ0v) is 15.1. The van der Waals surface area contributed by atoms with Gasteiger partial charge in [0.2, 0.25) is 5.75 Å². The topological polar surface area (TPSA) is 49.7 Å². The number of nitrogens with zero attached hydrogens (tertiary/aromatic N) is 1. The summed E-state index contributed by atoms with van der Waals surface area (Å²) < 4.78 is 18.4. The first kappa shape index (κ1) is 18.2. The van der Waals surface area contributed by atoms with Crippen molar-refractivity contribution < 1.29 is 14.2 Å². The van der Waals surface area contributed by atoms with Crippen LogP contribution >= 0.6 is 0 Å². The zero-order valence-electron chi connectivity index (χ0n) is 15.1. The quantitative estimate of drug-likeness (QED) is 0.651. The van der Waals surface area contributed by atoms with E-state index in [1.807, 2.05) is 18.2 Å². The Hall–Kier alpha value is -2.17. The summed E-state index contributed by atoms with van der Waals surface area (Å²) in [6.07, 6.45) is 3.89. The minimum Gasteiger partial charge on any atom is -0.497 e. The average molecular weight is 333 g/mol. The Morgan fingerprint density at radius 1 is 1.00 bits per heavy atom. The Morgan fingerprint density at radius 2 is 1.75 bits per heavy atom. The number of rotatable bonds is 9. The maximum absolute atomic E-state index is 12.9. The molecule has 5 heteroatoms. The lowest BCUT2D eigenvalue weighted by atomic mass is 10.1. The fraction of sp³-hybridized carbons (Fsp3) is 0.526. The molecule has 1 heterocycles. The van der Waals surface area contributed by atoms with Crippen molar-refractivity contribution in [2.45, 2.75) is 46.1 Å². The largest absolute Gasteiger partial charge is 0.497 e. The van der Waals surface area contributed by atoms with E-state index >= 15 is 0 Å². The third kappa shape index (κ3) is 3.66. The second-order valence-corrected chi connectivity index (χ2v) is 5.76. The van der Waals surface area contributed by atoms with Crippen LogP contribution in [0.5, 0.6) is 17.2 Å². The van der Waals surface area contributed by atoms with Gasteiger partial charge >= 0.3 is 0 Å². The molecule has 0 spiro atoms. The molecule has 0 fully saturated rings. The number of benzene rings is 1. The Bertz CT molecular complexity index is 736. The van der Waals surface area contributed by atoms with Crippen molar-refractivity contribution >= 4 is 10.9 Å². The van der Waals surface area contributed by atoms with Gasteiger partial charge in [-0.25, -0.2) is 0 Å². The van der Waals surface area contributed by atoms with Crippen molar-refractivity contribution in [3.63, 3.8) is 0 Å². The monoisotopic (exact) mass is 333 g/mol. The summed E-state index contributed by atoms with van der Waals surface area (Å²) >= 11 is 0. The molecule has 1 aromatic carbocycles. The van der Waals surface area contributed by atoms with Crippen LogP contribution in [0.3, 0.4) is 0 Å². The first-order chi connectivity index (χ1) is 11.7. The molecule has 24 heavy (non-hydrogen) atoms. The average Bonchev–Trinajstić information content (AvgIpc) is 2.61. The summed E-state index contributed by atoms with van der Waals surface area (Å²) in [5, 5.41) is 0.874. The molecular weight excluding hydrogens is 306 g/mol. The molecule has 0 saturated heterocycles. The summed E-state index contributed by atoms with van der Waals surface area (Å²) in [4.78, 5) is 12.9. The SMILES string of the molecule is CCCCOc1c(OC)c(=O)n(CCCC)c2cc(OC)ccc12. The lowest BCUT2D eigenvalue weighted by Gasteiger charge is -2.18. The van der Waals surface area contributed by atoms with Gasteiger partial charge in [0, 0.05) is 18.0 Å². The number of unbranched alkanes of at least 4 members (excludes halogenated alkanes) is 2. The van der Waals surface area contributed by atoms with Gasteiger partial charge in [-0.15, -0.1) is 0 Å². The number of hydrogen-bond acceptors (Lipinski definition) is 4. The molecule has 2 rings (SSSR count).